The summed E-state index contributed by atoms with van der Waals surface area (Å²) in [5, 5.41) is 0. The van der Waals surface area contributed by atoms with Gasteiger partial charge in [-0.05, 0) is 26.7 Å². The Morgan fingerprint density at radius 1 is 1.36 bits per heavy atom. The van der Waals surface area contributed by atoms with Crippen LogP contribution in [0.5, 0.6) is 0 Å². The molecule has 0 aliphatic heterocycles. The predicted molar refractivity (Wildman–Crippen MR) is 47.6 cm³/mol. The van der Waals surface area contributed by atoms with Gasteiger partial charge < -0.3 is 4.74 Å². The quantitative estimate of drug-likeness (QED) is 0.568. The van der Waals surface area contributed by atoms with E-state index in [0.29, 0.717) is 6.10 Å². The van der Waals surface area contributed by atoms with E-state index in [4.69, 9.17) is 4.74 Å². The van der Waals surface area contributed by atoms with Crippen molar-refractivity contribution in [3.8, 4) is 0 Å². The van der Waals surface area contributed by atoms with E-state index in [9.17, 15) is 0 Å². The average Bonchev–Trinajstić information content (AvgIpc) is 2.39. The fourth-order valence-corrected chi connectivity index (χ4v) is 1.41. The summed E-state index contributed by atoms with van der Waals surface area (Å²) in [5.41, 5.74) is 1.35. The molecule has 1 fully saturated rings. The largest absolute Gasteiger partial charge is 0.374 e. The smallest absolute Gasteiger partial charge is 0.0653 e. The highest BCUT2D eigenvalue weighted by molar-refractivity contribution is 4.93. The maximum absolute atomic E-state index is 5.64. The second-order valence-electron chi connectivity index (χ2n) is 3.52. The normalized spacial score (nSPS) is 18.7. The van der Waals surface area contributed by atoms with Gasteiger partial charge in [-0.3, -0.25) is 0 Å². The summed E-state index contributed by atoms with van der Waals surface area (Å²) in [6.45, 7) is 5.03. The summed E-state index contributed by atoms with van der Waals surface area (Å²) in [6, 6.07) is 0. The lowest BCUT2D eigenvalue weighted by Crippen LogP contribution is -2.06. The highest BCUT2D eigenvalue weighted by Gasteiger charge is 2.13. The summed E-state index contributed by atoms with van der Waals surface area (Å²) in [4.78, 5) is 0. The first-order valence-corrected chi connectivity index (χ1v) is 4.54. The third kappa shape index (κ3) is 3.57. The van der Waals surface area contributed by atoms with Gasteiger partial charge in [0.05, 0.1) is 12.7 Å². The van der Waals surface area contributed by atoms with Gasteiger partial charge in [0.1, 0.15) is 0 Å². The lowest BCUT2D eigenvalue weighted by molar-refractivity contribution is 0.0797. The first kappa shape index (κ1) is 8.79. The van der Waals surface area contributed by atoms with Crippen molar-refractivity contribution in [2.75, 3.05) is 6.61 Å². The van der Waals surface area contributed by atoms with Gasteiger partial charge in [0.15, 0.2) is 0 Å². The summed E-state index contributed by atoms with van der Waals surface area (Å²) in [6.07, 6.45) is 7.98. The van der Waals surface area contributed by atoms with Crippen molar-refractivity contribution < 1.29 is 4.74 Å². The molecular formula is C10H18O. The first-order valence-electron chi connectivity index (χ1n) is 4.54. The van der Waals surface area contributed by atoms with E-state index in [-0.39, 0.29) is 0 Å². The summed E-state index contributed by atoms with van der Waals surface area (Å²) in [5.74, 6) is 0. The van der Waals surface area contributed by atoms with Crippen LogP contribution in [-0.2, 0) is 4.74 Å². The Balaban J connectivity index is 2.07. The molecule has 0 atom stereocenters. The molecule has 0 N–H and O–H groups in total. The number of hydrogen-bond donors (Lipinski definition) is 0. The highest BCUT2D eigenvalue weighted by Crippen LogP contribution is 2.20. The fraction of sp³-hybridized carbons (Fsp3) is 0.800. The second-order valence-corrected chi connectivity index (χ2v) is 3.52. The van der Waals surface area contributed by atoms with Gasteiger partial charge >= 0.3 is 0 Å². The fourth-order valence-electron chi connectivity index (χ4n) is 1.41. The molecule has 1 rings (SSSR count). The van der Waals surface area contributed by atoms with Crippen molar-refractivity contribution in [1.29, 1.82) is 0 Å². The van der Waals surface area contributed by atoms with Crippen LogP contribution in [0, 0.1) is 0 Å². The maximum atomic E-state index is 5.64. The van der Waals surface area contributed by atoms with Gasteiger partial charge in [-0.25, -0.2) is 0 Å². The SMILES string of the molecule is CC(C)=CCOC1CCCC1. The van der Waals surface area contributed by atoms with Crippen molar-refractivity contribution in [2.24, 2.45) is 0 Å². The molecule has 0 amide bonds. The Bertz CT molecular complexity index is 128. The molecule has 0 saturated heterocycles. The molecule has 0 spiro atoms. The number of allylic oxidation sites excluding steroid dienone is 1. The number of hydrogen-bond acceptors (Lipinski definition) is 1. The van der Waals surface area contributed by atoms with Crippen LogP contribution in [0.2, 0.25) is 0 Å². The zero-order chi connectivity index (χ0) is 8.10. The summed E-state index contributed by atoms with van der Waals surface area (Å²) >= 11 is 0. The predicted octanol–water partition coefficient (Wildman–Crippen LogP) is 2.91. The molecule has 0 bridgehead atoms. The minimum Gasteiger partial charge on any atom is -0.374 e. The zero-order valence-electron chi connectivity index (χ0n) is 7.60. The molecule has 1 aliphatic carbocycles. The standard InChI is InChI=1S/C10H18O/c1-9(2)7-8-11-10-5-3-4-6-10/h7,10H,3-6,8H2,1-2H3. The van der Waals surface area contributed by atoms with Crippen LogP contribution in [0.25, 0.3) is 0 Å². The van der Waals surface area contributed by atoms with E-state index in [1.54, 1.807) is 0 Å². The highest BCUT2D eigenvalue weighted by atomic mass is 16.5. The summed E-state index contributed by atoms with van der Waals surface area (Å²) < 4.78 is 5.64. The Kier molecular flexibility index (Phi) is 3.64. The van der Waals surface area contributed by atoms with Crippen molar-refractivity contribution in [3.63, 3.8) is 0 Å². The molecule has 1 aliphatic rings. The van der Waals surface area contributed by atoms with Gasteiger partial charge in [-0.1, -0.05) is 24.5 Å². The molecule has 0 aromatic rings. The molecule has 11 heavy (non-hydrogen) atoms. The third-order valence-corrected chi connectivity index (χ3v) is 2.13. The van der Waals surface area contributed by atoms with Gasteiger partial charge in [0.2, 0.25) is 0 Å². The molecular weight excluding hydrogens is 136 g/mol. The lowest BCUT2D eigenvalue weighted by atomic mass is 10.3. The van der Waals surface area contributed by atoms with Crippen LogP contribution in [0.4, 0.5) is 0 Å². The Morgan fingerprint density at radius 2 is 2.00 bits per heavy atom. The minimum atomic E-state index is 0.561. The Hall–Kier alpha value is -0.300. The second kappa shape index (κ2) is 4.55. The monoisotopic (exact) mass is 154 g/mol. The Morgan fingerprint density at radius 3 is 2.55 bits per heavy atom. The van der Waals surface area contributed by atoms with E-state index in [0.717, 1.165) is 6.61 Å². The van der Waals surface area contributed by atoms with Crippen LogP contribution < -0.4 is 0 Å². The van der Waals surface area contributed by atoms with Crippen molar-refractivity contribution >= 4 is 0 Å². The molecule has 1 heteroatoms. The molecule has 0 heterocycles. The van der Waals surface area contributed by atoms with Gasteiger partial charge in [-0.2, -0.15) is 0 Å². The van der Waals surface area contributed by atoms with Crippen molar-refractivity contribution in [1.82, 2.24) is 0 Å². The molecule has 1 saturated carbocycles. The molecule has 0 aromatic heterocycles. The number of ether oxygens (including phenoxy) is 1. The van der Waals surface area contributed by atoms with Crippen molar-refractivity contribution in [3.05, 3.63) is 11.6 Å². The molecule has 1 nitrogen and oxygen atoms in total. The first-order chi connectivity index (χ1) is 5.29. The van der Waals surface area contributed by atoms with Crippen LogP contribution in [0.3, 0.4) is 0 Å². The van der Waals surface area contributed by atoms with Gasteiger partial charge in [-0.15, -0.1) is 0 Å². The van der Waals surface area contributed by atoms with E-state index in [2.05, 4.69) is 19.9 Å². The van der Waals surface area contributed by atoms with Crippen LogP contribution in [-0.4, -0.2) is 12.7 Å². The van der Waals surface area contributed by atoms with E-state index in [1.165, 1.54) is 31.3 Å². The topological polar surface area (TPSA) is 9.23 Å². The molecule has 0 radical (unpaired) electrons. The average molecular weight is 154 g/mol. The van der Waals surface area contributed by atoms with Crippen LogP contribution >= 0.6 is 0 Å². The van der Waals surface area contributed by atoms with Crippen LogP contribution in [0.1, 0.15) is 39.5 Å². The van der Waals surface area contributed by atoms with E-state index < -0.39 is 0 Å². The van der Waals surface area contributed by atoms with Gasteiger partial charge in [0.25, 0.3) is 0 Å². The van der Waals surface area contributed by atoms with E-state index >= 15 is 0 Å². The van der Waals surface area contributed by atoms with Crippen molar-refractivity contribution in [2.45, 2.75) is 45.6 Å². The molecule has 0 aromatic carbocycles. The van der Waals surface area contributed by atoms with Crippen LogP contribution in [0.15, 0.2) is 11.6 Å². The van der Waals surface area contributed by atoms with E-state index in [1.807, 2.05) is 0 Å². The third-order valence-electron chi connectivity index (χ3n) is 2.13. The zero-order valence-corrected chi connectivity index (χ0v) is 7.60. The minimum absolute atomic E-state index is 0.561. The maximum Gasteiger partial charge on any atom is 0.0653 e. The number of rotatable bonds is 3. The molecule has 64 valence electrons. The summed E-state index contributed by atoms with van der Waals surface area (Å²) in [7, 11) is 0. The molecule has 0 unspecified atom stereocenters. The Labute approximate surface area is 69.4 Å². The van der Waals surface area contributed by atoms with Gasteiger partial charge in [0, 0.05) is 0 Å². The lowest BCUT2D eigenvalue weighted by Gasteiger charge is -2.08.